The summed E-state index contributed by atoms with van der Waals surface area (Å²) < 4.78 is 5.54. The predicted octanol–water partition coefficient (Wildman–Crippen LogP) is 2.93. The van der Waals surface area contributed by atoms with Gasteiger partial charge in [0.2, 0.25) is 5.88 Å². The lowest BCUT2D eigenvalue weighted by atomic mass is 10.0. The number of ether oxygens (including phenoxy) is 1. The highest BCUT2D eigenvalue weighted by Crippen LogP contribution is 2.17. The number of rotatable bonds is 5. The van der Waals surface area contributed by atoms with Crippen LogP contribution in [0.4, 0.5) is 0 Å². The number of aromatic nitrogens is 1. The smallest absolute Gasteiger partial charge is 0.214 e. The maximum atomic E-state index is 10.7. The fraction of sp³-hybridized carbons (Fsp3) is 0.133. The number of aldehydes is 1. The van der Waals surface area contributed by atoms with E-state index >= 15 is 0 Å². The van der Waals surface area contributed by atoms with Gasteiger partial charge in [0.15, 0.2) is 0 Å². The quantitative estimate of drug-likeness (QED) is 0.626. The number of carbonyl (C=O) groups excluding carboxylic acids is 1. The maximum absolute atomic E-state index is 10.7. The van der Waals surface area contributed by atoms with E-state index in [4.69, 9.17) is 21.6 Å². The summed E-state index contributed by atoms with van der Waals surface area (Å²) in [6.07, 6.45) is 1.05. The largest absolute Gasteiger partial charge is 0.473 e. The summed E-state index contributed by atoms with van der Waals surface area (Å²) in [6.45, 7) is 0.266. The third-order valence-electron chi connectivity index (χ3n) is 2.70. The first-order valence-electron chi connectivity index (χ1n) is 5.94. The second-order valence-electron chi connectivity index (χ2n) is 4.05. The minimum absolute atomic E-state index is 0.247. The molecule has 1 aromatic carbocycles. The number of carbonyl (C=O) groups is 1. The van der Waals surface area contributed by atoms with Gasteiger partial charge in [0.05, 0.1) is 11.6 Å². The lowest BCUT2D eigenvalue weighted by Gasteiger charge is -2.09. The summed E-state index contributed by atoms with van der Waals surface area (Å²) in [5.41, 5.74) is 2.14. The first-order chi connectivity index (χ1) is 9.72. The minimum Gasteiger partial charge on any atom is -0.473 e. The van der Waals surface area contributed by atoms with E-state index in [0.29, 0.717) is 16.6 Å². The molecule has 0 fully saturated rings. The molecule has 0 spiro atoms. The second-order valence-corrected chi connectivity index (χ2v) is 4.44. The van der Waals surface area contributed by atoms with Crippen LogP contribution in [0.2, 0.25) is 5.15 Å². The summed E-state index contributed by atoms with van der Waals surface area (Å²) in [5, 5.41) is 9.22. The Kier molecular flexibility index (Phi) is 4.70. The molecule has 0 aliphatic heterocycles. The molecule has 2 rings (SSSR count). The summed E-state index contributed by atoms with van der Waals surface area (Å²) in [7, 11) is 0. The molecule has 0 saturated carbocycles. The average Bonchev–Trinajstić information content (AvgIpc) is 2.46. The van der Waals surface area contributed by atoms with Crippen molar-refractivity contribution >= 4 is 17.9 Å². The Bertz CT molecular complexity index is 665. The van der Waals surface area contributed by atoms with Gasteiger partial charge in [-0.2, -0.15) is 5.26 Å². The molecule has 0 amide bonds. The van der Waals surface area contributed by atoms with E-state index in [0.717, 1.165) is 17.4 Å². The molecule has 0 aliphatic carbocycles. The molecule has 100 valence electrons. The lowest BCUT2D eigenvalue weighted by molar-refractivity contribution is -0.107. The molecule has 1 heterocycles. The topological polar surface area (TPSA) is 63.0 Å². The zero-order valence-electron chi connectivity index (χ0n) is 10.5. The Morgan fingerprint density at radius 1 is 1.30 bits per heavy atom. The van der Waals surface area contributed by atoms with Crippen LogP contribution in [0.3, 0.4) is 0 Å². The number of hydrogen-bond donors (Lipinski definition) is 0. The van der Waals surface area contributed by atoms with E-state index in [9.17, 15) is 4.79 Å². The van der Waals surface area contributed by atoms with E-state index in [1.54, 1.807) is 36.4 Å². The first kappa shape index (κ1) is 14.0. The van der Waals surface area contributed by atoms with Gasteiger partial charge in [-0.1, -0.05) is 23.7 Å². The molecule has 0 atom stereocenters. The Morgan fingerprint density at radius 2 is 2.15 bits per heavy atom. The lowest BCUT2D eigenvalue weighted by Crippen LogP contribution is -2.02. The zero-order chi connectivity index (χ0) is 14.4. The molecular weight excluding hydrogens is 276 g/mol. The van der Waals surface area contributed by atoms with Crippen LogP contribution in [0.5, 0.6) is 5.88 Å². The van der Waals surface area contributed by atoms with Crippen molar-refractivity contribution in [1.82, 2.24) is 4.98 Å². The van der Waals surface area contributed by atoms with Gasteiger partial charge in [-0.3, -0.25) is 0 Å². The van der Waals surface area contributed by atoms with Gasteiger partial charge in [0.1, 0.15) is 18.0 Å². The first-order valence-corrected chi connectivity index (χ1v) is 6.31. The Hall–Kier alpha value is -2.38. The zero-order valence-corrected chi connectivity index (χ0v) is 11.3. The highest BCUT2D eigenvalue weighted by molar-refractivity contribution is 6.29. The minimum atomic E-state index is 0.247. The number of benzene rings is 1. The van der Waals surface area contributed by atoms with Crippen LogP contribution >= 0.6 is 11.6 Å². The van der Waals surface area contributed by atoms with Gasteiger partial charge >= 0.3 is 0 Å². The van der Waals surface area contributed by atoms with Crippen molar-refractivity contribution in [3.05, 3.63) is 58.2 Å². The second kappa shape index (κ2) is 6.69. The molecular formula is C15H11ClN2O2. The highest BCUT2D eigenvalue weighted by atomic mass is 35.5. The molecule has 0 N–H and O–H groups in total. The van der Waals surface area contributed by atoms with Gasteiger partial charge in [-0.05, 0) is 29.3 Å². The van der Waals surface area contributed by atoms with Gasteiger partial charge < -0.3 is 9.53 Å². The Labute approximate surface area is 121 Å². The predicted molar refractivity (Wildman–Crippen MR) is 74.5 cm³/mol. The third-order valence-corrected chi connectivity index (χ3v) is 2.91. The third kappa shape index (κ3) is 3.56. The molecule has 0 unspecified atom stereocenters. The summed E-state index contributed by atoms with van der Waals surface area (Å²) in [6, 6.07) is 12.3. The van der Waals surface area contributed by atoms with E-state index < -0.39 is 0 Å². The van der Waals surface area contributed by atoms with Crippen molar-refractivity contribution in [2.24, 2.45) is 0 Å². The fourth-order valence-electron chi connectivity index (χ4n) is 1.74. The molecule has 0 saturated heterocycles. The molecule has 0 aliphatic rings. The molecule has 1 aromatic heterocycles. The van der Waals surface area contributed by atoms with E-state index in [2.05, 4.69) is 4.98 Å². The van der Waals surface area contributed by atoms with Gasteiger partial charge in [-0.15, -0.1) is 0 Å². The van der Waals surface area contributed by atoms with Crippen molar-refractivity contribution in [1.29, 1.82) is 5.26 Å². The van der Waals surface area contributed by atoms with Crippen LogP contribution in [0, 0.1) is 11.3 Å². The van der Waals surface area contributed by atoms with Crippen LogP contribution in [-0.4, -0.2) is 11.3 Å². The van der Waals surface area contributed by atoms with Crippen molar-refractivity contribution in [3.8, 4) is 11.9 Å². The summed E-state index contributed by atoms with van der Waals surface area (Å²) in [4.78, 5) is 14.7. The molecule has 0 bridgehead atoms. The molecule has 0 radical (unpaired) electrons. The van der Waals surface area contributed by atoms with Crippen molar-refractivity contribution in [2.45, 2.75) is 13.0 Å². The van der Waals surface area contributed by atoms with Crippen LogP contribution in [0.25, 0.3) is 0 Å². The van der Waals surface area contributed by atoms with Crippen LogP contribution < -0.4 is 4.74 Å². The number of hydrogen-bond acceptors (Lipinski definition) is 4. The summed E-state index contributed by atoms with van der Waals surface area (Å²) >= 11 is 5.77. The fourth-order valence-corrected chi connectivity index (χ4v) is 1.89. The monoisotopic (exact) mass is 286 g/mol. The number of halogens is 1. The van der Waals surface area contributed by atoms with Crippen molar-refractivity contribution < 1.29 is 9.53 Å². The molecule has 20 heavy (non-hydrogen) atoms. The normalized spacial score (nSPS) is 9.80. The van der Waals surface area contributed by atoms with E-state index in [1.807, 2.05) is 6.07 Å². The Balaban J connectivity index is 2.16. The maximum Gasteiger partial charge on any atom is 0.214 e. The van der Waals surface area contributed by atoms with Crippen LogP contribution in [-0.2, 0) is 17.8 Å². The molecule has 2 aromatic rings. The highest BCUT2D eigenvalue weighted by Gasteiger charge is 2.06. The van der Waals surface area contributed by atoms with Crippen LogP contribution in [0.1, 0.15) is 16.7 Å². The van der Waals surface area contributed by atoms with Crippen molar-refractivity contribution in [2.75, 3.05) is 0 Å². The number of nitriles is 1. The van der Waals surface area contributed by atoms with Gasteiger partial charge in [-0.25, -0.2) is 4.98 Å². The molecule has 4 nitrogen and oxygen atoms in total. The molecule has 5 heteroatoms. The number of nitrogens with zero attached hydrogens (tertiary/aromatic N) is 2. The Morgan fingerprint density at radius 3 is 2.85 bits per heavy atom. The number of pyridine rings is 1. The van der Waals surface area contributed by atoms with Gasteiger partial charge in [0, 0.05) is 12.5 Å². The standard InChI is InChI=1S/C15H11ClN2O2/c16-14-2-1-3-15(18-14)20-10-13-5-4-11(9-17)8-12(13)6-7-19/h1-5,7-8H,6,10H2. The van der Waals surface area contributed by atoms with E-state index in [1.165, 1.54) is 0 Å². The average molecular weight is 287 g/mol. The summed E-state index contributed by atoms with van der Waals surface area (Å²) in [5.74, 6) is 0.416. The SMILES string of the molecule is N#Cc1ccc(COc2cccc(Cl)n2)c(CC=O)c1. The van der Waals surface area contributed by atoms with Crippen molar-refractivity contribution in [3.63, 3.8) is 0 Å². The van der Waals surface area contributed by atoms with Gasteiger partial charge in [0.25, 0.3) is 0 Å². The van der Waals surface area contributed by atoms with Crippen LogP contribution in [0.15, 0.2) is 36.4 Å². The van der Waals surface area contributed by atoms with E-state index in [-0.39, 0.29) is 13.0 Å².